The van der Waals surface area contributed by atoms with Gasteiger partial charge in [-0.3, -0.25) is 0 Å². The van der Waals surface area contributed by atoms with E-state index in [-0.39, 0.29) is 0 Å². The predicted molar refractivity (Wildman–Crippen MR) is 115 cm³/mol. The molecule has 4 heteroatoms. The van der Waals surface area contributed by atoms with E-state index in [1.807, 2.05) is 54.6 Å². The van der Waals surface area contributed by atoms with Gasteiger partial charge in [-0.15, -0.1) is 0 Å². The molecule has 4 aromatic carbocycles. The SMILES string of the molecule is O=[SH](=O)c1cccc(-c2ccc(N(c3ccccc3)c3ccccc3)cc2)c1. The highest BCUT2D eigenvalue weighted by molar-refractivity contribution is 7.72. The number of nitrogens with zero attached hydrogens (tertiary/aromatic N) is 1. The van der Waals surface area contributed by atoms with Crippen LogP contribution >= 0.6 is 0 Å². The third-order valence-electron chi connectivity index (χ3n) is 4.54. The summed E-state index contributed by atoms with van der Waals surface area (Å²) in [5.74, 6) is 0. The fourth-order valence-corrected chi connectivity index (χ4v) is 3.66. The van der Waals surface area contributed by atoms with Crippen LogP contribution < -0.4 is 4.90 Å². The zero-order chi connectivity index (χ0) is 19.3. The number of thiol groups is 1. The maximum absolute atomic E-state index is 11.3. The van der Waals surface area contributed by atoms with Gasteiger partial charge < -0.3 is 4.90 Å². The summed E-state index contributed by atoms with van der Waals surface area (Å²) in [5, 5.41) is 0. The summed E-state index contributed by atoms with van der Waals surface area (Å²) < 4.78 is 22.5. The van der Waals surface area contributed by atoms with Gasteiger partial charge in [0.2, 0.25) is 0 Å². The number of anilines is 3. The molecule has 0 saturated carbocycles. The second-order valence-corrected chi connectivity index (χ2v) is 7.39. The van der Waals surface area contributed by atoms with Gasteiger partial charge in [0.05, 0.1) is 4.90 Å². The molecule has 0 aromatic heterocycles. The van der Waals surface area contributed by atoms with E-state index in [0.29, 0.717) is 4.90 Å². The number of rotatable bonds is 5. The molecule has 0 aliphatic heterocycles. The first-order chi connectivity index (χ1) is 13.7. The summed E-state index contributed by atoms with van der Waals surface area (Å²) >= 11 is 0. The van der Waals surface area contributed by atoms with Crippen LogP contribution in [0.2, 0.25) is 0 Å². The largest absolute Gasteiger partial charge is 0.311 e. The van der Waals surface area contributed by atoms with E-state index in [0.717, 1.165) is 28.2 Å². The van der Waals surface area contributed by atoms with Gasteiger partial charge in [0.25, 0.3) is 0 Å². The van der Waals surface area contributed by atoms with E-state index in [4.69, 9.17) is 0 Å². The fraction of sp³-hybridized carbons (Fsp3) is 0. The quantitative estimate of drug-likeness (QED) is 0.442. The Morgan fingerprint density at radius 3 is 1.57 bits per heavy atom. The van der Waals surface area contributed by atoms with Crippen molar-refractivity contribution in [3.63, 3.8) is 0 Å². The van der Waals surface area contributed by atoms with Crippen molar-refractivity contribution >= 4 is 27.8 Å². The Balaban J connectivity index is 1.74. The van der Waals surface area contributed by atoms with Gasteiger partial charge >= 0.3 is 0 Å². The zero-order valence-electron chi connectivity index (χ0n) is 15.1. The second kappa shape index (κ2) is 8.11. The van der Waals surface area contributed by atoms with E-state index < -0.39 is 10.7 Å². The third kappa shape index (κ3) is 3.82. The third-order valence-corrected chi connectivity index (χ3v) is 5.24. The second-order valence-electron chi connectivity index (χ2n) is 6.36. The van der Waals surface area contributed by atoms with Gasteiger partial charge in [-0.05, 0) is 59.7 Å². The molecule has 0 aliphatic rings. The van der Waals surface area contributed by atoms with Gasteiger partial charge in [-0.2, -0.15) is 0 Å². The Bertz CT molecular complexity index is 1090. The average molecular weight is 385 g/mol. The minimum atomic E-state index is -2.59. The maximum Gasteiger partial charge on any atom is 0.168 e. The summed E-state index contributed by atoms with van der Waals surface area (Å²) in [7, 11) is -2.59. The fourth-order valence-electron chi connectivity index (χ4n) is 3.20. The van der Waals surface area contributed by atoms with E-state index >= 15 is 0 Å². The van der Waals surface area contributed by atoms with Crippen LogP contribution in [0.4, 0.5) is 17.1 Å². The minimum absolute atomic E-state index is 0.326. The zero-order valence-corrected chi connectivity index (χ0v) is 16.0. The molecular formula is C24H19NO2S. The molecule has 0 amide bonds. The molecule has 0 fully saturated rings. The lowest BCUT2D eigenvalue weighted by Crippen LogP contribution is -2.09. The summed E-state index contributed by atoms with van der Waals surface area (Å²) in [4.78, 5) is 2.51. The minimum Gasteiger partial charge on any atom is -0.311 e. The van der Waals surface area contributed by atoms with E-state index in [1.54, 1.807) is 18.2 Å². The van der Waals surface area contributed by atoms with E-state index in [1.165, 1.54) is 0 Å². The van der Waals surface area contributed by atoms with Gasteiger partial charge in [-0.1, -0.05) is 60.7 Å². The van der Waals surface area contributed by atoms with Crippen LogP contribution in [-0.2, 0) is 10.7 Å². The molecule has 0 bridgehead atoms. The highest BCUT2D eigenvalue weighted by atomic mass is 32.2. The molecule has 0 N–H and O–H groups in total. The van der Waals surface area contributed by atoms with Crippen LogP contribution in [0.15, 0.2) is 114 Å². The maximum atomic E-state index is 11.3. The molecule has 0 unspecified atom stereocenters. The highest BCUT2D eigenvalue weighted by Crippen LogP contribution is 2.35. The van der Waals surface area contributed by atoms with Crippen LogP contribution in [0, 0.1) is 0 Å². The molecule has 0 atom stereocenters. The first-order valence-electron chi connectivity index (χ1n) is 8.97. The monoisotopic (exact) mass is 385 g/mol. The number of para-hydroxylation sites is 2. The summed E-state index contributed by atoms with van der Waals surface area (Å²) in [6.45, 7) is 0. The van der Waals surface area contributed by atoms with Crippen molar-refractivity contribution in [2.24, 2.45) is 0 Å². The summed E-state index contributed by atoms with van der Waals surface area (Å²) in [6, 6.07) is 35.6. The predicted octanol–water partition coefficient (Wildman–Crippen LogP) is 5.79. The van der Waals surface area contributed by atoms with Gasteiger partial charge in [-0.25, -0.2) is 8.42 Å². The summed E-state index contributed by atoms with van der Waals surface area (Å²) in [6.07, 6.45) is 0. The topological polar surface area (TPSA) is 37.4 Å². The van der Waals surface area contributed by atoms with Crippen LogP contribution in [0.3, 0.4) is 0 Å². The smallest absolute Gasteiger partial charge is 0.168 e. The molecular weight excluding hydrogens is 366 g/mol. The van der Waals surface area contributed by atoms with Gasteiger partial charge in [0.15, 0.2) is 10.7 Å². The lowest BCUT2D eigenvalue weighted by atomic mass is 10.0. The molecule has 3 nitrogen and oxygen atoms in total. The van der Waals surface area contributed by atoms with Crippen molar-refractivity contribution in [3.8, 4) is 11.1 Å². The van der Waals surface area contributed by atoms with Crippen molar-refractivity contribution in [2.45, 2.75) is 4.90 Å². The lowest BCUT2D eigenvalue weighted by molar-refractivity contribution is 0.614. The van der Waals surface area contributed by atoms with Crippen molar-refractivity contribution in [1.82, 2.24) is 0 Å². The molecule has 0 radical (unpaired) electrons. The van der Waals surface area contributed by atoms with E-state index in [2.05, 4.69) is 41.3 Å². The van der Waals surface area contributed by atoms with Gasteiger partial charge in [0, 0.05) is 17.1 Å². The Kier molecular flexibility index (Phi) is 5.22. The molecule has 4 aromatic rings. The van der Waals surface area contributed by atoms with Crippen molar-refractivity contribution in [2.75, 3.05) is 4.90 Å². The molecule has 4 rings (SSSR count). The first kappa shape index (κ1) is 18.0. The molecule has 28 heavy (non-hydrogen) atoms. The average Bonchev–Trinajstić information content (AvgIpc) is 2.76. The Hall–Kier alpha value is -3.37. The van der Waals surface area contributed by atoms with Crippen LogP contribution in [-0.4, -0.2) is 8.42 Å². The standard InChI is InChI=1S/C24H19NO2S/c26-28(27)24-13-7-8-20(18-24)19-14-16-23(17-15-19)25(21-9-3-1-4-10-21)22-11-5-2-6-12-22/h1-18,28H. The van der Waals surface area contributed by atoms with Crippen molar-refractivity contribution in [3.05, 3.63) is 109 Å². The molecule has 0 saturated heterocycles. The molecule has 0 spiro atoms. The Labute approximate surface area is 166 Å². The Morgan fingerprint density at radius 1 is 0.500 bits per heavy atom. The molecule has 138 valence electrons. The highest BCUT2D eigenvalue weighted by Gasteiger charge is 2.12. The number of benzene rings is 4. The molecule has 0 heterocycles. The Morgan fingerprint density at radius 2 is 1.04 bits per heavy atom. The van der Waals surface area contributed by atoms with Crippen molar-refractivity contribution < 1.29 is 8.42 Å². The molecule has 0 aliphatic carbocycles. The number of hydrogen-bond donors (Lipinski definition) is 1. The normalized spacial score (nSPS) is 10.8. The lowest BCUT2D eigenvalue weighted by Gasteiger charge is -2.25. The van der Waals surface area contributed by atoms with Crippen LogP contribution in [0.5, 0.6) is 0 Å². The van der Waals surface area contributed by atoms with Crippen LogP contribution in [0.25, 0.3) is 11.1 Å². The summed E-state index contributed by atoms with van der Waals surface area (Å²) in [5.41, 5.74) is 5.04. The van der Waals surface area contributed by atoms with Crippen LogP contribution in [0.1, 0.15) is 0 Å². The van der Waals surface area contributed by atoms with E-state index in [9.17, 15) is 8.42 Å². The van der Waals surface area contributed by atoms with Crippen molar-refractivity contribution in [1.29, 1.82) is 0 Å². The van der Waals surface area contributed by atoms with Gasteiger partial charge in [0.1, 0.15) is 0 Å². The first-order valence-corrected chi connectivity index (χ1v) is 10.2. The number of hydrogen-bond acceptors (Lipinski definition) is 3.